The Kier molecular flexibility index (Phi) is 4.13. The number of rotatable bonds is 4. The second kappa shape index (κ2) is 6.22. The molecule has 1 aliphatic heterocycles. The fourth-order valence-electron chi connectivity index (χ4n) is 2.79. The van der Waals surface area contributed by atoms with E-state index in [0.717, 1.165) is 35.7 Å². The number of nitrogens with zero attached hydrogens (tertiary/aromatic N) is 3. The maximum absolute atomic E-state index is 12.5. The minimum Gasteiger partial charge on any atom is -0.494 e. The molecule has 0 radical (unpaired) electrons. The van der Waals surface area contributed by atoms with Gasteiger partial charge in [-0.1, -0.05) is 12.1 Å². The van der Waals surface area contributed by atoms with E-state index in [4.69, 9.17) is 4.74 Å². The molecule has 0 unspecified atom stereocenters. The van der Waals surface area contributed by atoms with Crippen molar-refractivity contribution < 1.29 is 9.53 Å². The highest BCUT2D eigenvalue weighted by atomic mass is 16.5. The van der Waals surface area contributed by atoms with Crippen LogP contribution in [-0.4, -0.2) is 33.5 Å². The minimum absolute atomic E-state index is 0.163. The number of ether oxygens (including phenoxy) is 1. The summed E-state index contributed by atoms with van der Waals surface area (Å²) in [4.78, 5) is 18.8. The van der Waals surface area contributed by atoms with E-state index >= 15 is 0 Å². The summed E-state index contributed by atoms with van der Waals surface area (Å²) in [5.74, 6) is 1.01. The van der Waals surface area contributed by atoms with Crippen LogP contribution in [0.25, 0.3) is 0 Å². The molecule has 0 atom stereocenters. The monoisotopic (exact) mass is 299 g/mol. The van der Waals surface area contributed by atoms with Gasteiger partial charge in [0.1, 0.15) is 5.75 Å². The zero-order valence-electron chi connectivity index (χ0n) is 13.1. The quantitative estimate of drug-likeness (QED) is 0.867. The molecule has 2 aromatic rings. The van der Waals surface area contributed by atoms with Gasteiger partial charge in [0.05, 0.1) is 37.3 Å². The number of hydrogen-bond acceptors (Lipinski definition) is 3. The molecule has 0 saturated heterocycles. The van der Waals surface area contributed by atoms with Gasteiger partial charge in [-0.2, -0.15) is 0 Å². The lowest BCUT2D eigenvalue weighted by Crippen LogP contribution is -2.37. The molecule has 0 spiro atoms. The largest absolute Gasteiger partial charge is 0.494 e. The molecule has 0 saturated carbocycles. The molecule has 3 rings (SSSR count). The SMILES string of the molecule is CCOc1ccc(CC(=O)N2CCc3ncn(C)c3C2)cc1. The Morgan fingerprint density at radius 2 is 2.09 bits per heavy atom. The Morgan fingerprint density at radius 1 is 1.32 bits per heavy atom. The Balaban J connectivity index is 1.64. The summed E-state index contributed by atoms with van der Waals surface area (Å²) in [6.07, 6.45) is 3.09. The van der Waals surface area contributed by atoms with E-state index in [1.165, 1.54) is 0 Å². The number of hydrogen-bond donors (Lipinski definition) is 0. The second-order valence-corrected chi connectivity index (χ2v) is 5.57. The molecular weight excluding hydrogens is 278 g/mol. The third-order valence-corrected chi connectivity index (χ3v) is 4.05. The van der Waals surface area contributed by atoms with Crippen molar-refractivity contribution in [2.75, 3.05) is 13.2 Å². The number of aryl methyl sites for hydroxylation is 1. The predicted molar refractivity (Wildman–Crippen MR) is 83.6 cm³/mol. The molecule has 1 aromatic carbocycles. The Labute approximate surface area is 130 Å². The van der Waals surface area contributed by atoms with Crippen LogP contribution in [0, 0.1) is 0 Å². The van der Waals surface area contributed by atoms with Gasteiger partial charge in [-0.25, -0.2) is 4.98 Å². The topological polar surface area (TPSA) is 47.4 Å². The highest BCUT2D eigenvalue weighted by Gasteiger charge is 2.23. The number of carbonyl (C=O) groups is 1. The first kappa shape index (κ1) is 14.6. The zero-order chi connectivity index (χ0) is 15.5. The lowest BCUT2D eigenvalue weighted by molar-refractivity contribution is -0.131. The van der Waals surface area contributed by atoms with Crippen LogP contribution in [0.15, 0.2) is 30.6 Å². The first-order chi connectivity index (χ1) is 10.7. The van der Waals surface area contributed by atoms with Gasteiger partial charge >= 0.3 is 0 Å². The first-order valence-corrected chi connectivity index (χ1v) is 7.66. The highest BCUT2D eigenvalue weighted by molar-refractivity contribution is 5.79. The van der Waals surface area contributed by atoms with E-state index in [9.17, 15) is 4.79 Å². The van der Waals surface area contributed by atoms with Crippen molar-refractivity contribution in [3.8, 4) is 5.75 Å². The van der Waals surface area contributed by atoms with E-state index in [1.54, 1.807) is 0 Å². The van der Waals surface area contributed by atoms with Crippen molar-refractivity contribution in [1.82, 2.24) is 14.5 Å². The van der Waals surface area contributed by atoms with E-state index in [0.29, 0.717) is 19.6 Å². The summed E-state index contributed by atoms with van der Waals surface area (Å²) >= 11 is 0. The minimum atomic E-state index is 0.163. The number of imidazole rings is 1. The fraction of sp³-hybridized carbons (Fsp3) is 0.412. The maximum Gasteiger partial charge on any atom is 0.227 e. The Morgan fingerprint density at radius 3 is 2.82 bits per heavy atom. The molecule has 116 valence electrons. The molecule has 5 nitrogen and oxygen atoms in total. The van der Waals surface area contributed by atoms with Gasteiger partial charge in [-0.3, -0.25) is 4.79 Å². The summed E-state index contributed by atoms with van der Waals surface area (Å²) in [6, 6.07) is 7.76. The molecule has 0 bridgehead atoms. The number of amides is 1. The first-order valence-electron chi connectivity index (χ1n) is 7.66. The Hall–Kier alpha value is -2.30. The second-order valence-electron chi connectivity index (χ2n) is 5.57. The smallest absolute Gasteiger partial charge is 0.227 e. The summed E-state index contributed by atoms with van der Waals surface area (Å²) < 4.78 is 7.43. The van der Waals surface area contributed by atoms with Crippen molar-refractivity contribution in [3.63, 3.8) is 0 Å². The van der Waals surface area contributed by atoms with Crippen LogP contribution in [-0.2, 0) is 31.2 Å². The predicted octanol–water partition coefficient (Wildman–Crippen LogP) is 1.95. The van der Waals surface area contributed by atoms with E-state index in [2.05, 4.69) is 4.98 Å². The van der Waals surface area contributed by atoms with Crippen LogP contribution in [0.5, 0.6) is 5.75 Å². The molecule has 1 aromatic heterocycles. The molecule has 5 heteroatoms. The van der Waals surface area contributed by atoms with Crippen LogP contribution >= 0.6 is 0 Å². The van der Waals surface area contributed by atoms with E-state index < -0.39 is 0 Å². The molecule has 2 heterocycles. The van der Waals surface area contributed by atoms with Crippen molar-refractivity contribution in [3.05, 3.63) is 47.5 Å². The number of carbonyl (C=O) groups excluding carboxylic acids is 1. The van der Waals surface area contributed by atoms with Gasteiger partial charge in [-0.05, 0) is 24.6 Å². The molecule has 0 N–H and O–H groups in total. The molecular formula is C17H21N3O2. The zero-order valence-corrected chi connectivity index (χ0v) is 13.1. The maximum atomic E-state index is 12.5. The van der Waals surface area contributed by atoms with Crippen molar-refractivity contribution >= 4 is 5.91 Å². The Bertz CT molecular complexity index is 661. The van der Waals surface area contributed by atoms with E-state index in [-0.39, 0.29) is 5.91 Å². The lowest BCUT2D eigenvalue weighted by Gasteiger charge is -2.27. The van der Waals surface area contributed by atoms with Gasteiger partial charge in [0.25, 0.3) is 0 Å². The average molecular weight is 299 g/mol. The summed E-state index contributed by atoms with van der Waals surface area (Å²) in [7, 11) is 1.98. The number of fused-ring (bicyclic) bond motifs is 1. The molecule has 0 fully saturated rings. The molecule has 22 heavy (non-hydrogen) atoms. The van der Waals surface area contributed by atoms with Crippen LogP contribution in [0.4, 0.5) is 0 Å². The molecule has 1 amide bonds. The van der Waals surface area contributed by atoms with Crippen LogP contribution in [0.3, 0.4) is 0 Å². The third-order valence-electron chi connectivity index (χ3n) is 4.05. The van der Waals surface area contributed by atoms with Crippen LogP contribution in [0.1, 0.15) is 23.9 Å². The van der Waals surface area contributed by atoms with Crippen LogP contribution < -0.4 is 4.74 Å². The van der Waals surface area contributed by atoms with Gasteiger partial charge < -0.3 is 14.2 Å². The van der Waals surface area contributed by atoms with Crippen LogP contribution in [0.2, 0.25) is 0 Å². The van der Waals surface area contributed by atoms with Crippen molar-refractivity contribution in [2.24, 2.45) is 7.05 Å². The fourth-order valence-corrected chi connectivity index (χ4v) is 2.79. The van der Waals surface area contributed by atoms with E-state index in [1.807, 2.05) is 54.0 Å². The van der Waals surface area contributed by atoms with Crippen molar-refractivity contribution in [2.45, 2.75) is 26.3 Å². The summed E-state index contributed by atoms with van der Waals surface area (Å²) in [6.45, 7) is 4.02. The molecule has 1 aliphatic rings. The summed E-state index contributed by atoms with van der Waals surface area (Å²) in [5, 5.41) is 0. The van der Waals surface area contributed by atoms with Crippen molar-refractivity contribution in [1.29, 1.82) is 0 Å². The summed E-state index contributed by atoms with van der Waals surface area (Å²) in [5.41, 5.74) is 3.28. The van der Waals surface area contributed by atoms with Gasteiger partial charge in [-0.15, -0.1) is 0 Å². The highest BCUT2D eigenvalue weighted by Crippen LogP contribution is 2.19. The number of benzene rings is 1. The van der Waals surface area contributed by atoms with Gasteiger partial charge in [0, 0.05) is 20.0 Å². The molecule has 0 aliphatic carbocycles. The number of aromatic nitrogens is 2. The third kappa shape index (κ3) is 2.98. The normalized spacial score (nSPS) is 13.8. The van der Waals surface area contributed by atoms with Gasteiger partial charge in [0.15, 0.2) is 0 Å². The average Bonchev–Trinajstić information content (AvgIpc) is 2.90. The standard InChI is InChI=1S/C17H21N3O2/c1-3-22-14-6-4-13(5-7-14)10-17(21)20-9-8-15-16(11-20)19(2)12-18-15/h4-7,12H,3,8-11H2,1-2H3. The lowest BCUT2D eigenvalue weighted by atomic mass is 10.1. The van der Waals surface area contributed by atoms with Gasteiger partial charge in [0.2, 0.25) is 5.91 Å².